The topological polar surface area (TPSA) is 58.7 Å². The molecule has 2 rings (SSSR count). The molecule has 1 aromatic carbocycles. The summed E-state index contributed by atoms with van der Waals surface area (Å²) in [7, 11) is 1.68. The van der Waals surface area contributed by atoms with Gasteiger partial charge >= 0.3 is 0 Å². The van der Waals surface area contributed by atoms with Gasteiger partial charge in [-0.15, -0.1) is 0 Å². The first-order chi connectivity index (χ1) is 9.67. The molecule has 112 valence electrons. The molecule has 1 heterocycles. The first-order valence-electron chi connectivity index (χ1n) is 7.43. The highest BCUT2D eigenvalue weighted by Crippen LogP contribution is 2.31. The van der Waals surface area contributed by atoms with Gasteiger partial charge < -0.3 is 15.6 Å². The lowest BCUT2D eigenvalue weighted by Crippen LogP contribution is -2.49. The van der Waals surface area contributed by atoms with Crippen molar-refractivity contribution in [2.75, 3.05) is 20.3 Å². The molecule has 3 N–H and O–H groups in total. The molecule has 3 atom stereocenters. The number of ether oxygens (including phenoxy) is 1. The summed E-state index contributed by atoms with van der Waals surface area (Å²) in [6.07, 6.45) is 3.40. The predicted molar refractivity (Wildman–Crippen MR) is 80.8 cm³/mol. The molecular formula is C16H26N2O2. The fraction of sp³-hybridized carbons (Fsp3) is 0.625. The molecular weight excluding hydrogens is 252 g/mol. The fourth-order valence-corrected chi connectivity index (χ4v) is 3.21. The Morgan fingerprint density at radius 3 is 2.90 bits per heavy atom. The number of hydrogen-bond donors (Lipinski definition) is 2. The predicted octanol–water partition coefficient (Wildman–Crippen LogP) is 1.93. The maximum atomic E-state index is 9.63. The second-order valence-corrected chi connectivity index (χ2v) is 5.65. The van der Waals surface area contributed by atoms with E-state index in [9.17, 15) is 5.11 Å². The average molecular weight is 278 g/mol. The van der Waals surface area contributed by atoms with E-state index in [1.807, 2.05) is 19.1 Å². The van der Waals surface area contributed by atoms with E-state index < -0.39 is 0 Å². The Hall–Kier alpha value is -1.10. The summed E-state index contributed by atoms with van der Waals surface area (Å²) in [6.45, 7) is 3.23. The Bertz CT molecular complexity index is 423. The minimum absolute atomic E-state index is 0.00857. The van der Waals surface area contributed by atoms with E-state index in [0.717, 1.165) is 18.7 Å². The summed E-state index contributed by atoms with van der Waals surface area (Å²) >= 11 is 0. The van der Waals surface area contributed by atoms with Gasteiger partial charge in [0.1, 0.15) is 5.75 Å². The van der Waals surface area contributed by atoms with Crippen LogP contribution >= 0.6 is 0 Å². The van der Waals surface area contributed by atoms with Gasteiger partial charge in [0.15, 0.2) is 0 Å². The molecule has 1 aliphatic rings. The normalized spacial score (nSPS) is 23.3. The van der Waals surface area contributed by atoms with Crippen LogP contribution in [-0.4, -0.2) is 42.4 Å². The van der Waals surface area contributed by atoms with Gasteiger partial charge in [-0.2, -0.15) is 0 Å². The SMILES string of the molecule is COc1cccc(C(C(C)N)N2CCCCC2CO)c1. The van der Waals surface area contributed by atoms with Crippen LogP contribution in [0.15, 0.2) is 24.3 Å². The molecule has 0 saturated carbocycles. The first-order valence-corrected chi connectivity index (χ1v) is 7.43. The van der Waals surface area contributed by atoms with E-state index in [1.54, 1.807) is 7.11 Å². The number of methoxy groups -OCH3 is 1. The van der Waals surface area contributed by atoms with Crippen LogP contribution in [0.2, 0.25) is 0 Å². The lowest BCUT2D eigenvalue weighted by molar-refractivity contribution is 0.0443. The number of aliphatic hydroxyl groups excluding tert-OH is 1. The van der Waals surface area contributed by atoms with E-state index >= 15 is 0 Å². The molecule has 1 saturated heterocycles. The third kappa shape index (κ3) is 3.32. The monoisotopic (exact) mass is 278 g/mol. The van der Waals surface area contributed by atoms with Gasteiger partial charge in [-0.25, -0.2) is 0 Å². The van der Waals surface area contributed by atoms with Crippen molar-refractivity contribution in [1.82, 2.24) is 4.90 Å². The van der Waals surface area contributed by atoms with Crippen molar-refractivity contribution in [2.45, 2.75) is 44.3 Å². The van der Waals surface area contributed by atoms with Crippen LogP contribution in [0.25, 0.3) is 0 Å². The van der Waals surface area contributed by atoms with E-state index in [0.29, 0.717) is 0 Å². The molecule has 3 unspecified atom stereocenters. The van der Waals surface area contributed by atoms with E-state index in [-0.39, 0.29) is 24.7 Å². The maximum absolute atomic E-state index is 9.63. The number of piperidine rings is 1. The number of hydrogen-bond acceptors (Lipinski definition) is 4. The fourth-order valence-electron chi connectivity index (χ4n) is 3.21. The highest BCUT2D eigenvalue weighted by Gasteiger charge is 2.31. The number of aliphatic hydroxyl groups is 1. The smallest absolute Gasteiger partial charge is 0.119 e. The minimum atomic E-state index is 0.00857. The summed E-state index contributed by atoms with van der Waals surface area (Å²) in [5.74, 6) is 0.853. The molecule has 0 aromatic heterocycles. The van der Waals surface area contributed by atoms with Gasteiger partial charge in [-0.3, -0.25) is 4.90 Å². The molecule has 0 radical (unpaired) electrons. The zero-order valence-electron chi connectivity index (χ0n) is 12.5. The zero-order valence-corrected chi connectivity index (χ0v) is 12.5. The Morgan fingerprint density at radius 2 is 2.25 bits per heavy atom. The van der Waals surface area contributed by atoms with Crippen molar-refractivity contribution in [1.29, 1.82) is 0 Å². The summed E-state index contributed by atoms with van der Waals surface area (Å²) in [5.41, 5.74) is 7.41. The van der Waals surface area contributed by atoms with Gasteiger partial charge in [0.05, 0.1) is 19.8 Å². The van der Waals surface area contributed by atoms with Crippen LogP contribution in [0.5, 0.6) is 5.75 Å². The molecule has 0 amide bonds. The van der Waals surface area contributed by atoms with Crippen LogP contribution < -0.4 is 10.5 Å². The van der Waals surface area contributed by atoms with Gasteiger partial charge in [-0.1, -0.05) is 18.6 Å². The molecule has 0 aliphatic carbocycles. The van der Waals surface area contributed by atoms with Crippen molar-refractivity contribution >= 4 is 0 Å². The van der Waals surface area contributed by atoms with Crippen molar-refractivity contribution in [2.24, 2.45) is 5.73 Å². The minimum Gasteiger partial charge on any atom is -0.497 e. The number of benzene rings is 1. The maximum Gasteiger partial charge on any atom is 0.119 e. The van der Waals surface area contributed by atoms with Crippen LogP contribution in [0.4, 0.5) is 0 Å². The van der Waals surface area contributed by atoms with Gasteiger partial charge in [0.25, 0.3) is 0 Å². The summed E-state index contributed by atoms with van der Waals surface area (Å²) in [5, 5.41) is 9.63. The van der Waals surface area contributed by atoms with Crippen molar-refractivity contribution in [3.63, 3.8) is 0 Å². The Balaban J connectivity index is 2.29. The molecule has 1 aromatic rings. The Morgan fingerprint density at radius 1 is 1.45 bits per heavy atom. The average Bonchev–Trinajstić information content (AvgIpc) is 2.48. The molecule has 0 spiro atoms. The highest BCUT2D eigenvalue weighted by atomic mass is 16.5. The third-order valence-electron chi connectivity index (χ3n) is 4.17. The Labute approximate surface area is 121 Å². The summed E-state index contributed by atoms with van der Waals surface area (Å²) in [6, 6.07) is 8.45. The van der Waals surface area contributed by atoms with Crippen LogP contribution in [0.3, 0.4) is 0 Å². The first kappa shape index (κ1) is 15.3. The number of nitrogens with zero attached hydrogens (tertiary/aromatic N) is 1. The lowest BCUT2D eigenvalue weighted by Gasteiger charge is -2.42. The van der Waals surface area contributed by atoms with E-state index in [2.05, 4.69) is 17.0 Å². The molecule has 1 aliphatic heterocycles. The molecule has 20 heavy (non-hydrogen) atoms. The second kappa shape index (κ2) is 7.07. The highest BCUT2D eigenvalue weighted by molar-refractivity contribution is 5.31. The largest absolute Gasteiger partial charge is 0.497 e. The van der Waals surface area contributed by atoms with Gasteiger partial charge in [0.2, 0.25) is 0 Å². The molecule has 4 nitrogen and oxygen atoms in total. The van der Waals surface area contributed by atoms with Crippen LogP contribution in [-0.2, 0) is 0 Å². The number of likely N-dealkylation sites (tertiary alicyclic amines) is 1. The van der Waals surface area contributed by atoms with Crippen molar-refractivity contribution in [3.05, 3.63) is 29.8 Å². The van der Waals surface area contributed by atoms with Crippen molar-refractivity contribution < 1.29 is 9.84 Å². The van der Waals surface area contributed by atoms with Crippen LogP contribution in [0, 0.1) is 0 Å². The van der Waals surface area contributed by atoms with Crippen molar-refractivity contribution in [3.8, 4) is 5.75 Å². The number of nitrogens with two attached hydrogens (primary N) is 1. The summed E-state index contributed by atoms with van der Waals surface area (Å²) in [4.78, 5) is 2.36. The summed E-state index contributed by atoms with van der Waals surface area (Å²) < 4.78 is 5.32. The quantitative estimate of drug-likeness (QED) is 0.864. The van der Waals surface area contributed by atoms with Gasteiger partial charge in [-0.05, 0) is 44.0 Å². The third-order valence-corrected chi connectivity index (χ3v) is 4.17. The van der Waals surface area contributed by atoms with Gasteiger partial charge in [0, 0.05) is 12.1 Å². The number of rotatable bonds is 5. The second-order valence-electron chi connectivity index (χ2n) is 5.65. The molecule has 1 fully saturated rings. The lowest BCUT2D eigenvalue weighted by atomic mass is 9.93. The molecule has 0 bridgehead atoms. The Kier molecular flexibility index (Phi) is 5.40. The standard InChI is InChI=1S/C16H26N2O2/c1-12(17)16(13-6-5-8-15(10-13)20-2)18-9-4-3-7-14(18)11-19/h5-6,8,10,12,14,16,19H,3-4,7,9,11,17H2,1-2H3. The molecule has 4 heteroatoms. The zero-order chi connectivity index (χ0) is 14.5. The van der Waals surface area contributed by atoms with E-state index in [4.69, 9.17) is 10.5 Å². The van der Waals surface area contributed by atoms with E-state index in [1.165, 1.54) is 18.4 Å². The van der Waals surface area contributed by atoms with Crippen LogP contribution in [0.1, 0.15) is 37.8 Å².